The summed E-state index contributed by atoms with van der Waals surface area (Å²) in [5.74, 6) is 0. The molecule has 2 aromatic carbocycles. The number of halogens is 1. The van der Waals surface area contributed by atoms with Crippen LogP contribution in [0.2, 0.25) is 5.04 Å². The van der Waals surface area contributed by atoms with E-state index in [4.69, 9.17) is 13.9 Å². The first kappa shape index (κ1) is 21.3. The van der Waals surface area contributed by atoms with Crippen molar-refractivity contribution in [2.45, 2.75) is 44.4 Å². The van der Waals surface area contributed by atoms with Gasteiger partial charge in [-0.05, 0) is 15.4 Å². The lowest BCUT2D eigenvalue weighted by Crippen LogP contribution is -2.67. The second-order valence-electron chi connectivity index (χ2n) is 8.09. The maximum atomic E-state index is 11.8. The highest BCUT2D eigenvalue weighted by atomic mass is 127. The van der Waals surface area contributed by atoms with Gasteiger partial charge in [-0.2, -0.15) is 0 Å². The summed E-state index contributed by atoms with van der Waals surface area (Å²) >= 11 is 2.24. The molecule has 0 bridgehead atoms. The Hall–Kier alpha value is -1.38. The van der Waals surface area contributed by atoms with Crippen molar-refractivity contribution in [2.24, 2.45) is 0 Å². The SMILES string of the molecule is CC(C)(C)[Si](OC[C@H]1C[C@@H](CI)OC(=O)O1)(c1ccccc1)c1ccccc1. The highest BCUT2D eigenvalue weighted by Gasteiger charge is 2.50. The van der Waals surface area contributed by atoms with E-state index in [0.29, 0.717) is 13.0 Å². The molecule has 2 aromatic rings. The van der Waals surface area contributed by atoms with Crippen LogP contribution in [0.4, 0.5) is 4.79 Å². The lowest BCUT2D eigenvalue weighted by Gasteiger charge is -2.44. The van der Waals surface area contributed by atoms with Crippen molar-refractivity contribution in [3.8, 4) is 0 Å². The third-order valence-corrected chi connectivity index (χ3v) is 11.1. The monoisotopic (exact) mass is 510 g/mol. The van der Waals surface area contributed by atoms with Crippen molar-refractivity contribution in [1.29, 1.82) is 0 Å². The van der Waals surface area contributed by atoms with Crippen LogP contribution in [0, 0.1) is 0 Å². The molecule has 0 aromatic heterocycles. The Bertz CT molecular complexity index is 737. The molecule has 150 valence electrons. The zero-order valence-corrected chi connectivity index (χ0v) is 19.7. The van der Waals surface area contributed by atoms with Gasteiger partial charge in [0.05, 0.1) is 6.61 Å². The average molecular weight is 510 g/mol. The highest BCUT2D eigenvalue weighted by Crippen LogP contribution is 2.37. The van der Waals surface area contributed by atoms with E-state index in [9.17, 15) is 4.79 Å². The molecule has 1 aliphatic heterocycles. The Morgan fingerprint density at radius 1 is 0.964 bits per heavy atom. The second-order valence-corrected chi connectivity index (χ2v) is 13.3. The molecule has 1 saturated heterocycles. The summed E-state index contributed by atoms with van der Waals surface area (Å²) in [6, 6.07) is 21.0. The maximum Gasteiger partial charge on any atom is 0.508 e. The summed E-state index contributed by atoms with van der Waals surface area (Å²) in [5.41, 5.74) is 0. The van der Waals surface area contributed by atoms with Crippen molar-refractivity contribution < 1.29 is 18.7 Å². The first-order chi connectivity index (χ1) is 13.4. The van der Waals surface area contributed by atoms with Gasteiger partial charge in [-0.15, -0.1) is 0 Å². The van der Waals surface area contributed by atoms with Crippen LogP contribution in [-0.2, 0) is 13.9 Å². The highest BCUT2D eigenvalue weighted by molar-refractivity contribution is 14.1. The van der Waals surface area contributed by atoms with E-state index in [-0.39, 0.29) is 17.2 Å². The molecule has 0 N–H and O–H groups in total. The van der Waals surface area contributed by atoms with Gasteiger partial charge in [-0.25, -0.2) is 4.79 Å². The summed E-state index contributed by atoms with van der Waals surface area (Å²) < 4.78 is 18.3. The van der Waals surface area contributed by atoms with E-state index in [1.807, 2.05) is 12.1 Å². The fraction of sp³-hybridized carbons (Fsp3) is 0.409. The van der Waals surface area contributed by atoms with Crippen LogP contribution in [0.3, 0.4) is 0 Å². The van der Waals surface area contributed by atoms with Crippen molar-refractivity contribution in [1.82, 2.24) is 0 Å². The molecule has 0 amide bonds. The molecule has 0 spiro atoms. The van der Waals surface area contributed by atoms with E-state index in [1.165, 1.54) is 10.4 Å². The molecule has 1 fully saturated rings. The number of benzene rings is 2. The fourth-order valence-corrected chi connectivity index (χ4v) is 9.00. The largest absolute Gasteiger partial charge is 0.508 e. The number of ether oxygens (including phenoxy) is 2. The first-order valence-electron chi connectivity index (χ1n) is 9.55. The van der Waals surface area contributed by atoms with Gasteiger partial charge in [0.2, 0.25) is 0 Å². The fourth-order valence-electron chi connectivity index (χ4n) is 3.87. The van der Waals surface area contributed by atoms with Crippen molar-refractivity contribution >= 4 is 47.4 Å². The molecule has 3 rings (SSSR count). The van der Waals surface area contributed by atoms with Crippen LogP contribution in [0.15, 0.2) is 60.7 Å². The number of rotatable bonds is 6. The van der Waals surface area contributed by atoms with Gasteiger partial charge < -0.3 is 13.9 Å². The molecule has 1 heterocycles. The summed E-state index contributed by atoms with van der Waals surface area (Å²) in [5, 5.41) is 2.34. The molecule has 4 nitrogen and oxygen atoms in total. The van der Waals surface area contributed by atoms with Crippen LogP contribution in [0.5, 0.6) is 0 Å². The van der Waals surface area contributed by atoms with Gasteiger partial charge in [0.25, 0.3) is 8.32 Å². The van der Waals surface area contributed by atoms with Gasteiger partial charge in [-0.1, -0.05) is 104 Å². The van der Waals surface area contributed by atoms with Crippen molar-refractivity contribution in [3.05, 3.63) is 60.7 Å². The quantitative estimate of drug-likeness (QED) is 0.252. The van der Waals surface area contributed by atoms with Gasteiger partial charge in [0.1, 0.15) is 12.2 Å². The minimum atomic E-state index is -2.62. The summed E-state index contributed by atoms with van der Waals surface area (Å²) in [6.07, 6.45) is -0.339. The number of hydrogen-bond donors (Lipinski definition) is 0. The molecule has 1 aliphatic rings. The van der Waals surface area contributed by atoms with Crippen LogP contribution >= 0.6 is 22.6 Å². The van der Waals surface area contributed by atoms with Gasteiger partial charge in [0.15, 0.2) is 0 Å². The summed E-state index contributed by atoms with van der Waals surface area (Å²) in [7, 11) is -2.62. The number of carbonyl (C=O) groups is 1. The normalized spacial score (nSPS) is 20.4. The third-order valence-electron chi connectivity index (χ3n) is 5.13. The van der Waals surface area contributed by atoms with Gasteiger partial charge in [-0.3, -0.25) is 0 Å². The summed E-state index contributed by atoms with van der Waals surface area (Å²) in [4.78, 5) is 11.8. The summed E-state index contributed by atoms with van der Waals surface area (Å²) in [6.45, 7) is 7.09. The first-order valence-corrected chi connectivity index (χ1v) is 13.0. The molecule has 0 radical (unpaired) electrons. The van der Waals surface area contributed by atoms with Crippen LogP contribution < -0.4 is 10.4 Å². The van der Waals surface area contributed by atoms with E-state index in [0.717, 1.165) is 4.43 Å². The topological polar surface area (TPSA) is 44.8 Å². The number of alkyl halides is 1. The van der Waals surface area contributed by atoms with Gasteiger partial charge in [0, 0.05) is 10.8 Å². The Morgan fingerprint density at radius 3 is 1.93 bits per heavy atom. The molecular weight excluding hydrogens is 483 g/mol. The van der Waals surface area contributed by atoms with Crippen LogP contribution in [-0.4, -0.2) is 37.7 Å². The maximum absolute atomic E-state index is 11.8. The lowest BCUT2D eigenvalue weighted by molar-refractivity contribution is -0.0645. The van der Waals surface area contributed by atoms with Crippen molar-refractivity contribution in [2.75, 3.05) is 11.0 Å². The number of cyclic esters (lactones) is 2. The zero-order chi connectivity index (χ0) is 20.2. The smallest absolute Gasteiger partial charge is 0.430 e. The van der Waals surface area contributed by atoms with Gasteiger partial charge >= 0.3 is 6.16 Å². The second kappa shape index (κ2) is 8.96. The van der Waals surface area contributed by atoms with Crippen LogP contribution in [0.25, 0.3) is 0 Å². The van der Waals surface area contributed by atoms with E-state index in [1.54, 1.807) is 0 Å². The predicted molar refractivity (Wildman–Crippen MR) is 122 cm³/mol. The standard InChI is InChI=1S/C22H27IO4Si/c1-22(2,3)28(19-10-6-4-7-11-19,20-12-8-5-9-13-20)25-16-18-14-17(15-23)26-21(24)27-18/h4-13,17-18H,14-16H2,1-3H3/t17-,18+/m0/s1. The molecule has 0 aliphatic carbocycles. The van der Waals surface area contributed by atoms with E-state index >= 15 is 0 Å². The zero-order valence-electron chi connectivity index (χ0n) is 16.6. The Kier molecular flexibility index (Phi) is 6.83. The third kappa shape index (κ3) is 4.44. The molecule has 6 heteroatoms. The minimum absolute atomic E-state index is 0.104. The number of carbonyl (C=O) groups excluding carboxylic acids is 1. The average Bonchev–Trinajstić information content (AvgIpc) is 2.68. The van der Waals surface area contributed by atoms with E-state index in [2.05, 4.69) is 91.9 Å². The molecule has 0 saturated carbocycles. The predicted octanol–water partition coefficient (Wildman–Crippen LogP) is 4.29. The lowest BCUT2D eigenvalue weighted by atomic mass is 10.2. The molecule has 2 atom stereocenters. The minimum Gasteiger partial charge on any atom is -0.430 e. The van der Waals surface area contributed by atoms with E-state index < -0.39 is 14.5 Å². The van der Waals surface area contributed by atoms with Crippen LogP contribution in [0.1, 0.15) is 27.2 Å². The number of hydrogen-bond acceptors (Lipinski definition) is 4. The Morgan fingerprint density at radius 2 is 1.46 bits per heavy atom. The van der Waals surface area contributed by atoms with Crippen molar-refractivity contribution in [3.63, 3.8) is 0 Å². The molecule has 28 heavy (non-hydrogen) atoms. The molecule has 0 unspecified atom stereocenters. The molecular formula is C22H27IO4Si. The Labute approximate surface area is 181 Å². The Balaban J connectivity index is 1.98.